The first-order chi connectivity index (χ1) is 12.6. The molecule has 2 aromatic rings. The van der Waals surface area contributed by atoms with Gasteiger partial charge in [-0.3, -0.25) is 0 Å². The van der Waals surface area contributed by atoms with Crippen molar-refractivity contribution < 1.29 is 10.2 Å². The third-order valence-corrected chi connectivity index (χ3v) is 6.68. The molecule has 0 unspecified atom stereocenters. The maximum absolute atomic E-state index is 11.1. The van der Waals surface area contributed by atoms with E-state index in [1.165, 1.54) is 34.7 Å². The number of rotatable bonds is 4. The highest BCUT2D eigenvalue weighted by atomic mass is 16.3. The van der Waals surface area contributed by atoms with Gasteiger partial charge in [0, 0.05) is 12.8 Å². The predicted molar refractivity (Wildman–Crippen MR) is 107 cm³/mol. The van der Waals surface area contributed by atoms with E-state index in [9.17, 15) is 10.2 Å². The standard InChI is InChI=1S/C24H32O2/c25-23(13-3-1-4-14-23)17-20-11-7-9-19-10-8-12-21(22(19)20)18-24(26)15-5-2-6-16-24/h7-12,25-26H,1-6,13-18H2. The average molecular weight is 353 g/mol. The number of hydrogen-bond donors (Lipinski definition) is 2. The monoisotopic (exact) mass is 352 g/mol. The van der Waals surface area contributed by atoms with Crippen molar-refractivity contribution in [3.63, 3.8) is 0 Å². The Morgan fingerprint density at radius 1 is 0.615 bits per heavy atom. The Kier molecular flexibility index (Phi) is 5.07. The van der Waals surface area contributed by atoms with E-state index in [0.717, 1.165) is 64.2 Å². The fourth-order valence-corrected chi connectivity index (χ4v) is 5.28. The topological polar surface area (TPSA) is 40.5 Å². The first-order valence-electron chi connectivity index (χ1n) is 10.5. The largest absolute Gasteiger partial charge is 0.390 e. The van der Waals surface area contributed by atoms with Gasteiger partial charge in [-0.05, 0) is 47.6 Å². The van der Waals surface area contributed by atoms with Gasteiger partial charge in [-0.15, -0.1) is 0 Å². The third kappa shape index (κ3) is 3.82. The van der Waals surface area contributed by atoms with Crippen molar-refractivity contribution >= 4 is 10.8 Å². The lowest BCUT2D eigenvalue weighted by atomic mass is 9.77. The zero-order valence-electron chi connectivity index (χ0n) is 15.8. The van der Waals surface area contributed by atoms with E-state index in [1.807, 2.05) is 0 Å². The van der Waals surface area contributed by atoms with Crippen LogP contribution >= 0.6 is 0 Å². The Morgan fingerprint density at radius 3 is 1.46 bits per heavy atom. The summed E-state index contributed by atoms with van der Waals surface area (Å²) in [6.07, 6.45) is 12.1. The molecule has 2 aliphatic carbocycles. The first-order valence-corrected chi connectivity index (χ1v) is 10.5. The molecule has 0 aromatic heterocycles. The Hall–Kier alpha value is -1.38. The Balaban J connectivity index is 1.69. The van der Waals surface area contributed by atoms with E-state index in [4.69, 9.17) is 0 Å². The van der Waals surface area contributed by atoms with Gasteiger partial charge in [0.2, 0.25) is 0 Å². The molecule has 0 amide bonds. The van der Waals surface area contributed by atoms with E-state index in [2.05, 4.69) is 36.4 Å². The van der Waals surface area contributed by atoms with Crippen LogP contribution in [0.15, 0.2) is 36.4 Å². The summed E-state index contributed by atoms with van der Waals surface area (Å²) in [6, 6.07) is 12.9. The lowest BCUT2D eigenvalue weighted by molar-refractivity contribution is 0.00422. The lowest BCUT2D eigenvalue weighted by Crippen LogP contribution is -2.34. The third-order valence-electron chi connectivity index (χ3n) is 6.68. The summed E-state index contributed by atoms with van der Waals surface area (Å²) in [6.45, 7) is 0. The molecule has 140 valence electrons. The minimum Gasteiger partial charge on any atom is -0.390 e. The van der Waals surface area contributed by atoms with Gasteiger partial charge in [0.15, 0.2) is 0 Å². The van der Waals surface area contributed by atoms with Crippen LogP contribution in [0.5, 0.6) is 0 Å². The van der Waals surface area contributed by atoms with Crippen LogP contribution in [0.25, 0.3) is 10.8 Å². The molecule has 4 rings (SSSR count). The summed E-state index contributed by atoms with van der Waals surface area (Å²) in [7, 11) is 0. The maximum Gasteiger partial charge on any atom is 0.0688 e. The van der Waals surface area contributed by atoms with E-state index in [-0.39, 0.29) is 0 Å². The normalized spacial score (nSPS) is 22.4. The van der Waals surface area contributed by atoms with Crippen LogP contribution in [0.2, 0.25) is 0 Å². The van der Waals surface area contributed by atoms with Crippen LogP contribution in [-0.4, -0.2) is 21.4 Å². The van der Waals surface area contributed by atoms with Crippen LogP contribution in [0, 0.1) is 0 Å². The Morgan fingerprint density at radius 2 is 1.04 bits per heavy atom. The molecule has 0 saturated heterocycles. The molecule has 0 bridgehead atoms. The second-order valence-electron chi connectivity index (χ2n) is 8.86. The predicted octanol–water partition coefficient (Wildman–Crippen LogP) is 5.32. The molecular formula is C24H32O2. The molecule has 0 radical (unpaired) electrons. The molecule has 2 N–H and O–H groups in total. The van der Waals surface area contributed by atoms with Gasteiger partial charge >= 0.3 is 0 Å². The van der Waals surface area contributed by atoms with Gasteiger partial charge < -0.3 is 10.2 Å². The first kappa shape index (κ1) is 18.0. The number of benzene rings is 2. The maximum atomic E-state index is 11.1. The van der Waals surface area contributed by atoms with Gasteiger partial charge in [0.1, 0.15) is 0 Å². The Labute approximate surface area is 157 Å². The highest BCUT2D eigenvalue weighted by Gasteiger charge is 2.32. The van der Waals surface area contributed by atoms with Crippen LogP contribution in [-0.2, 0) is 12.8 Å². The minimum atomic E-state index is -0.554. The number of aliphatic hydroxyl groups is 2. The molecule has 2 aromatic carbocycles. The lowest BCUT2D eigenvalue weighted by Gasteiger charge is -2.34. The van der Waals surface area contributed by atoms with Crippen molar-refractivity contribution in [2.24, 2.45) is 0 Å². The van der Waals surface area contributed by atoms with Crippen molar-refractivity contribution in [1.29, 1.82) is 0 Å². The molecule has 0 aliphatic heterocycles. The van der Waals surface area contributed by atoms with Crippen molar-refractivity contribution in [3.05, 3.63) is 47.5 Å². The summed E-state index contributed by atoms with van der Waals surface area (Å²) >= 11 is 0. The molecular weight excluding hydrogens is 320 g/mol. The van der Waals surface area contributed by atoms with Gasteiger partial charge in [-0.1, -0.05) is 74.9 Å². The fraction of sp³-hybridized carbons (Fsp3) is 0.583. The zero-order valence-corrected chi connectivity index (χ0v) is 15.8. The quantitative estimate of drug-likeness (QED) is 0.782. The van der Waals surface area contributed by atoms with E-state index in [0.29, 0.717) is 0 Å². The SMILES string of the molecule is OC1(Cc2cccc3cccc(CC4(O)CCCCC4)c23)CCCCC1. The van der Waals surface area contributed by atoms with Gasteiger partial charge in [-0.25, -0.2) is 0 Å². The number of fused-ring (bicyclic) bond motifs is 1. The van der Waals surface area contributed by atoms with Crippen molar-refractivity contribution in [3.8, 4) is 0 Å². The summed E-state index contributed by atoms with van der Waals surface area (Å²) in [5.74, 6) is 0. The van der Waals surface area contributed by atoms with Gasteiger partial charge in [-0.2, -0.15) is 0 Å². The fourth-order valence-electron chi connectivity index (χ4n) is 5.28. The van der Waals surface area contributed by atoms with Gasteiger partial charge in [0.25, 0.3) is 0 Å². The minimum absolute atomic E-state index is 0.554. The summed E-state index contributed by atoms with van der Waals surface area (Å²) in [4.78, 5) is 0. The summed E-state index contributed by atoms with van der Waals surface area (Å²) in [5.41, 5.74) is 1.40. The molecule has 0 spiro atoms. The second kappa shape index (κ2) is 7.32. The second-order valence-corrected chi connectivity index (χ2v) is 8.86. The highest BCUT2D eigenvalue weighted by molar-refractivity contribution is 5.89. The van der Waals surface area contributed by atoms with E-state index in [1.54, 1.807) is 0 Å². The van der Waals surface area contributed by atoms with Crippen LogP contribution in [0.1, 0.15) is 75.3 Å². The molecule has 0 atom stereocenters. The van der Waals surface area contributed by atoms with Crippen molar-refractivity contribution in [2.75, 3.05) is 0 Å². The highest BCUT2D eigenvalue weighted by Crippen LogP contribution is 2.37. The molecule has 0 heterocycles. The zero-order chi connectivity index (χ0) is 18.0. The number of hydrogen-bond acceptors (Lipinski definition) is 2. The summed E-state index contributed by atoms with van der Waals surface area (Å²) in [5, 5.41) is 24.7. The van der Waals surface area contributed by atoms with Gasteiger partial charge in [0.05, 0.1) is 11.2 Å². The van der Waals surface area contributed by atoms with Crippen LogP contribution in [0.3, 0.4) is 0 Å². The Bertz CT molecular complexity index is 691. The van der Waals surface area contributed by atoms with Crippen molar-refractivity contribution in [2.45, 2.75) is 88.3 Å². The molecule has 2 fully saturated rings. The van der Waals surface area contributed by atoms with Crippen LogP contribution in [0.4, 0.5) is 0 Å². The van der Waals surface area contributed by atoms with Crippen molar-refractivity contribution in [1.82, 2.24) is 0 Å². The molecule has 2 aliphatic rings. The summed E-state index contributed by atoms with van der Waals surface area (Å²) < 4.78 is 0. The van der Waals surface area contributed by atoms with E-state index < -0.39 is 11.2 Å². The molecule has 2 heteroatoms. The molecule has 26 heavy (non-hydrogen) atoms. The van der Waals surface area contributed by atoms with E-state index >= 15 is 0 Å². The van der Waals surface area contributed by atoms with Crippen LogP contribution < -0.4 is 0 Å². The average Bonchev–Trinajstić information content (AvgIpc) is 2.62. The smallest absolute Gasteiger partial charge is 0.0688 e. The molecule has 2 nitrogen and oxygen atoms in total. The molecule has 2 saturated carbocycles.